The van der Waals surface area contributed by atoms with E-state index in [9.17, 15) is 9.90 Å². The summed E-state index contributed by atoms with van der Waals surface area (Å²) in [7, 11) is 0. The first-order chi connectivity index (χ1) is 8.43. The molecule has 1 aliphatic heterocycles. The minimum absolute atomic E-state index is 0.310. The maximum absolute atomic E-state index is 11.4. The summed E-state index contributed by atoms with van der Waals surface area (Å²) < 4.78 is 1.04. The Morgan fingerprint density at radius 1 is 1.39 bits per heavy atom. The van der Waals surface area contributed by atoms with Crippen LogP contribution in [-0.2, 0) is 4.79 Å². The van der Waals surface area contributed by atoms with Crippen molar-refractivity contribution in [1.82, 2.24) is 0 Å². The van der Waals surface area contributed by atoms with Gasteiger partial charge in [0.05, 0.1) is 5.92 Å². The fourth-order valence-electron chi connectivity index (χ4n) is 2.79. The highest BCUT2D eigenvalue weighted by Gasteiger charge is 2.42. The molecule has 98 valence electrons. The number of rotatable bonds is 2. The molecule has 3 nitrogen and oxygen atoms in total. The number of anilines is 1. The molecule has 1 aliphatic rings. The van der Waals surface area contributed by atoms with Crippen LogP contribution >= 0.6 is 15.9 Å². The number of nitrogens with zero attached hydrogens (tertiary/aromatic N) is 1. The highest BCUT2D eigenvalue weighted by Crippen LogP contribution is 2.37. The highest BCUT2D eigenvalue weighted by molar-refractivity contribution is 9.10. The Morgan fingerprint density at radius 3 is 2.56 bits per heavy atom. The van der Waals surface area contributed by atoms with Gasteiger partial charge in [0.15, 0.2) is 0 Å². The van der Waals surface area contributed by atoms with E-state index < -0.39 is 5.97 Å². The molecule has 1 saturated heterocycles. The number of carbonyl (C=O) groups is 1. The van der Waals surface area contributed by atoms with Crippen LogP contribution in [0.4, 0.5) is 5.69 Å². The van der Waals surface area contributed by atoms with E-state index >= 15 is 0 Å². The van der Waals surface area contributed by atoms with Gasteiger partial charge in [-0.1, -0.05) is 15.9 Å². The van der Waals surface area contributed by atoms with Gasteiger partial charge in [0, 0.05) is 22.2 Å². The van der Waals surface area contributed by atoms with E-state index in [0.717, 1.165) is 29.5 Å². The number of carboxylic acids is 1. The fourth-order valence-corrected chi connectivity index (χ4v) is 3.06. The molecule has 1 N–H and O–H groups in total. The molecule has 4 heteroatoms. The van der Waals surface area contributed by atoms with Crippen molar-refractivity contribution in [2.75, 3.05) is 11.4 Å². The molecule has 1 atom stereocenters. The Labute approximate surface area is 116 Å². The largest absolute Gasteiger partial charge is 0.481 e. The molecule has 1 aromatic carbocycles. The predicted molar refractivity (Wildman–Crippen MR) is 75.9 cm³/mol. The quantitative estimate of drug-likeness (QED) is 0.908. The zero-order valence-corrected chi connectivity index (χ0v) is 12.3. The standard InChI is InChI=1S/C14H18BrNO2/c1-14(2)12(13(17)18)4-3-9-16(14)11-7-5-10(15)6-8-11/h5-8,12H,3-4,9H2,1-2H3,(H,17,18). The van der Waals surface area contributed by atoms with Gasteiger partial charge in [0.1, 0.15) is 0 Å². The fraction of sp³-hybridized carbons (Fsp3) is 0.500. The van der Waals surface area contributed by atoms with Crippen molar-refractivity contribution in [2.24, 2.45) is 5.92 Å². The van der Waals surface area contributed by atoms with Crippen LogP contribution in [0.1, 0.15) is 26.7 Å². The lowest BCUT2D eigenvalue weighted by atomic mass is 9.78. The van der Waals surface area contributed by atoms with Crippen LogP contribution in [0.5, 0.6) is 0 Å². The lowest BCUT2D eigenvalue weighted by Gasteiger charge is -2.47. The van der Waals surface area contributed by atoms with Crippen molar-refractivity contribution < 1.29 is 9.90 Å². The average molecular weight is 312 g/mol. The normalized spacial score (nSPS) is 22.8. The Hall–Kier alpha value is -1.03. The van der Waals surface area contributed by atoms with Crippen LogP contribution in [-0.4, -0.2) is 23.2 Å². The van der Waals surface area contributed by atoms with Crippen LogP contribution in [0.25, 0.3) is 0 Å². The first-order valence-corrected chi connectivity index (χ1v) is 6.98. The molecule has 2 rings (SSSR count). The summed E-state index contributed by atoms with van der Waals surface area (Å²) in [5, 5.41) is 9.35. The molecule has 0 radical (unpaired) electrons. The van der Waals surface area contributed by atoms with Crippen molar-refractivity contribution >= 4 is 27.6 Å². The highest BCUT2D eigenvalue weighted by atomic mass is 79.9. The topological polar surface area (TPSA) is 40.5 Å². The smallest absolute Gasteiger partial charge is 0.308 e. The van der Waals surface area contributed by atoms with Crippen molar-refractivity contribution in [3.8, 4) is 0 Å². The second-order valence-corrected chi connectivity index (χ2v) is 6.23. The molecule has 0 aliphatic carbocycles. The van der Waals surface area contributed by atoms with Crippen LogP contribution in [0.3, 0.4) is 0 Å². The van der Waals surface area contributed by atoms with Gasteiger partial charge in [-0.3, -0.25) is 4.79 Å². The summed E-state index contributed by atoms with van der Waals surface area (Å²) in [6.07, 6.45) is 1.69. The maximum atomic E-state index is 11.4. The maximum Gasteiger partial charge on any atom is 0.308 e. The molecule has 0 amide bonds. The van der Waals surface area contributed by atoms with E-state index in [2.05, 4.69) is 20.8 Å². The van der Waals surface area contributed by atoms with Gasteiger partial charge in [-0.05, 0) is 51.0 Å². The molecule has 1 unspecified atom stereocenters. The molecule has 1 fully saturated rings. The number of carboxylic acid groups (broad SMARTS) is 1. The number of aliphatic carboxylic acids is 1. The van der Waals surface area contributed by atoms with Gasteiger partial charge < -0.3 is 10.0 Å². The van der Waals surface area contributed by atoms with Crippen molar-refractivity contribution in [3.63, 3.8) is 0 Å². The van der Waals surface area contributed by atoms with Crippen LogP contribution in [0.15, 0.2) is 28.7 Å². The van der Waals surface area contributed by atoms with E-state index in [1.165, 1.54) is 0 Å². The van der Waals surface area contributed by atoms with Crippen molar-refractivity contribution in [1.29, 1.82) is 0 Å². The van der Waals surface area contributed by atoms with Gasteiger partial charge in [0.25, 0.3) is 0 Å². The zero-order valence-electron chi connectivity index (χ0n) is 10.7. The Kier molecular flexibility index (Phi) is 3.66. The average Bonchev–Trinajstić information content (AvgIpc) is 2.29. The molecule has 18 heavy (non-hydrogen) atoms. The number of hydrogen-bond donors (Lipinski definition) is 1. The minimum atomic E-state index is -0.693. The zero-order chi connectivity index (χ0) is 13.3. The number of halogens is 1. The summed E-state index contributed by atoms with van der Waals surface area (Å²) >= 11 is 3.42. The molecule has 0 bridgehead atoms. The van der Waals surface area contributed by atoms with Crippen molar-refractivity contribution in [2.45, 2.75) is 32.2 Å². The third-order valence-electron chi connectivity index (χ3n) is 3.86. The summed E-state index contributed by atoms with van der Waals surface area (Å²) in [4.78, 5) is 13.6. The summed E-state index contributed by atoms with van der Waals surface area (Å²) in [5.74, 6) is -1.00. The Balaban J connectivity index is 2.32. The molecule has 1 heterocycles. The van der Waals surface area contributed by atoms with Crippen LogP contribution < -0.4 is 4.90 Å². The monoisotopic (exact) mass is 311 g/mol. The van der Waals surface area contributed by atoms with E-state index in [4.69, 9.17) is 0 Å². The van der Waals surface area contributed by atoms with Gasteiger partial charge in [-0.2, -0.15) is 0 Å². The first-order valence-electron chi connectivity index (χ1n) is 6.19. The van der Waals surface area contributed by atoms with Crippen molar-refractivity contribution in [3.05, 3.63) is 28.7 Å². The van der Waals surface area contributed by atoms with Gasteiger partial charge in [-0.25, -0.2) is 0 Å². The third-order valence-corrected chi connectivity index (χ3v) is 4.39. The lowest BCUT2D eigenvalue weighted by Crippen LogP contribution is -2.55. The molecule has 1 aromatic rings. The second kappa shape index (κ2) is 4.92. The first kappa shape index (κ1) is 13.4. The van der Waals surface area contributed by atoms with E-state index in [0.29, 0.717) is 0 Å². The number of hydrogen-bond acceptors (Lipinski definition) is 2. The summed E-state index contributed by atoms with van der Waals surface area (Å²) in [6.45, 7) is 4.96. The molecule has 0 spiro atoms. The summed E-state index contributed by atoms with van der Waals surface area (Å²) in [6, 6.07) is 8.07. The molecule has 0 saturated carbocycles. The van der Waals surface area contributed by atoms with Gasteiger partial charge in [-0.15, -0.1) is 0 Å². The number of benzene rings is 1. The van der Waals surface area contributed by atoms with E-state index in [1.807, 2.05) is 38.1 Å². The van der Waals surface area contributed by atoms with Gasteiger partial charge in [0.2, 0.25) is 0 Å². The predicted octanol–water partition coefficient (Wildman–Crippen LogP) is 3.53. The Bertz CT molecular complexity index is 442. The molecule has 0 aromatic heterocycles. The molecular formula is C14H18BrNO2. The van der Waals surface area contributed by atoms with Crippen LogP contribution in [0, 0.1) is 5.92 Å². The SMILES string of the molecule is CC1(C)C(C(=O)O)CCCN1c1ccc(Br)cc1. The summed E-state index contributed by atoms with van der Waals surface area (Å²) in [5.41, 5.74) is 0.743. The Morgan fingerprint density at radius 2 is 2.00 bits per heavy atom. The second-order valence-electron chi connectivity index (χ2n) is 5.31. The van der Waals surface area contributed by atoms with E-state index in [1.54, 1.807) is 0 Å². The molecular weight excluding hydrogens is 294 g/mol. The van der Waals surface area contributed by atoms with E-state index in [-0.39, 0.29) is 11.5 Å². The number of piperidine rings is 1. The lowest BCUT2D eigenvalue weighted by molar-refractivity contribution is -0.144. The van der Waals surface area contributed by atoms with Crippen LogP contribution in [0.2, 0.25) is 0 Å². The minimum Gasteiger partial charge on any atom is -0.481 e. The third kappa shape index (κ3) is 2.39. The van der Waals surface area contributed by atoms with Gasteiger partial charge >= 0.3 is 5.97 Å².